The molecular formula is C18H13F4N3O2. The number of carbonyl (C=O) groups is 1. The van der Waals surface area contributed by atoms with E-state index in [1.54, 1.807) is 0 Å². The Hall–Kier alpha value is -3.23. The van der Waals surface area contributed by atoms with Gasteiger partial charge in [-0.15, -0.1) is 0 Å². The van der Waals surface area contributed by atoms with Gasteiger partial charge in [0, 0.05) is 24.1 Å². The molecule has 5 nitrogen and oxygen atoms in total. The first-order valence-corrected chi connectivity index (χ1v) is 7.87. The van der Waals surface area contributed by atoms with Gasteiger partial charge in [-0.25, -0.2) is 4.39 Å². The highest BCUT2D eigenvalue weighted by Crippen LogP contribution is 2.30. The number of nitrogens with one attached hydrogen (secondary N) is 1. The molecule has 0 aliphatic rings. The van der Waals surface area contributed by atoms with Gasteiger partial charge < -0.3 is 9.84 Å². The number of amides is 1. The summed E-state index contributed by atoms with van der Waals surface area (Å²) in [5.74, 6) is -0.600. The van der Waals surface area contributed by atoms with E-state index in [4.69, 9.17) is 4.52 Å². The minimum absolute atomic E-state index is 0.148. The molecule has 0 radical (unpaired) electrons. The Bertz CT molecular complexity index is 936. The van der Waals surface area contributed by atoms with Gasteiger partial charge in [-0.1, -0.05) is 23.4 Å². The van der Waals surface area contributed by atoms with Crippen molar-refractivity contribution in [2.24, 2.45) is 0 Å². The molecule has 0 spiro atoms. The van der Waals surface area contributed by atoms with Crippen molar-refractivity contribution in [1.29, 1.82) is 0 Å². The first-order chi connectivity index (χ1) is 12.8. The Balaban J connectivity index is 1.57. The lowest BCUT2D eigenvalue weighted by Crippen LogP contribution is -2.25. The van der Waals surface area contributed by atoms with Crippen molar-refractivity contribution < 1.29 is 26.9 Å². The number of aromatic nitrogens is 2. The number of rotatable bonds is 5. The monoisotopic (exact) mass is 379 g/mol. The van der Waals surface area contributed by atoms with Gasteiger partial charge >= 0.3 is 6.18 Å². The third-order valence-electron chi connectivity index (χ3n) is 3.65. The maximum atomic E-state index is 13.1. The summed E-state index contributed by atoms with van der Waals surface area (Å²) < 4.78 is 55.8. The van der Waals surface area contributed by atoms with Crippen molar-refractivity contribution in [3.63, 3.8) is 0 Å². The van der Waals surface area contributed by atoms with Gasteiger partial charge in [0.1, 0.15) is 5.82 Å². The zero-order valence-electron chi connectivity index (χ0n) is 13.8. The van der Waals surface area contributed by atoms with Crippen LogP contribution in [-0.4, -0.2) is 22.6 Å². The molecule has 0 unspecified atom stereocenters. The molecule has 2 aromatic carbocycles. The lowest BCUT2D eigenvalue weighted by atomic mass is 10.1. The summed E-state index contributed by atoms with van der Waals surface area (Å²) in [6.45, 7) is 0.171. The van der Waals surface area contributed by atoms with E-state index < -0.39 is 23.5 Å². The Kier molecular flexibility index (Phi) is 5.20. The number of alkyl halides is 3. The molecule has 9 heteroatoms. The van der Waals surface area contributed by atoms with E-state index >= 15 is 0 Å². The minimum atomic E-state index is -4.42. The first-order valence-electron chi connectivity index (χ1n) is 7.87. The second-order valence-electron chi connectivity index (χ2n) is 5.60. The molecule has 1 heterocycles. The van der Waals surface area contributed by atoms with Gasteiger partial charge in [-0.3, -0.25) is 4.79 Å². The SMILES string of the molecule is O=C(NCCc1nc(-c2ccc(C(F)(F)F)cc2)no1)c1cccc(F)c1. The van der Waals surface area contributed by atoms with E-state index in [0.29, 0.717) is 5.56 Å². The fourth-order valence-corrected chi connectivity index (χ4v) is 2.30. The summed E-state index contributed by atoms with van der Waals surface area (Å²) in [5.41, 5.74) is -0.206. The molecule has 0 fully saturated rings. The van der Waals surface area contributed by atoms with Crippen molar-refractivity contribution >= 4 is 5.91 Å². The number of nitrogens with zero attached hydrogens (tertiary/aromatic N) is 2. The van der Waals surface area contributed by atoms with Crippen LogP contribution in [0.5, 0.6) is 0 Å². The van der Waals surface area contributed by atoms with Crippen LogP contribution in [0.25, 0.3) is 11.4 Å². The van der Waals surface area contributed by atoms with E-state index in [1.807, 2.05) is 0 Å². The van der Waals surface area contributed by atoms with Gasteiger partial charge in [-0.05, 0) is 30.3 Å². The average Bonchev–Trinajstić information content (AvgIpc) is 3.10. The second-order valence-corrected chi connectivity index (χ2v) is 5.60. The molecule has 1 aromatic heterocycles. The number of hydrogen-bond acceptors (Lipinski definition) is 4. The Labute approximate surface area is 151 Å². The number of halogens is 4. The molecule has 1 amide bonds. The number of carbonyl (C=O) groups excluding carboxylic acids is 1. The Morgan fingerprint density at radius 1 is 1.11 bits per heavy atom. The molecule has 0 bridgehead atoms. The number of benzene rings is 2. The van der Waals surface area contributed by atoms with Crippen molar-refractivity contribution in [2.75, 3.05) is 6.54 Å². The summed E-state index contributed by atoms with van der Waals surface area (Å²) >= 11 is 0. The van der Waals surface area contributed by atoms with Gasteiger partial charge in [0.05, 0.1) is 5.56 Å². The van der Waals surface area contributed by atoms with Crippen LogP contribution in [0.1, 0.15) is 21.8 Å². The fraction of sp³-hybridized carbons (Fsp3) is 0.167. The second kappa shape index (κ2) is 7.56. The Morgan fingerprint density at radius 3 is 2.52 bits per heavy atom. The van der Waals surface area contributed by atoms with E-state index in [1.165, 1.54) is 30.3 Å². The van der Waals surface area contributed by atoms with Crippen LogP contribution < -0.4 is 5.32 Å². The highest BCUT2D eigenvalue weighted by molar-refractivity contribution is 5.94. The van der Waals surface area contributed by atoms with Crippen LogP contribution in [0, 0.1) is 5.82 Å². The molecule has 0 saturated heterocycles. The molecule has 3 aromatic rings. The first kappa shape index (κ1) is 18.6. The standard InChI is InChI=1S/C18H13F4N3O2/c19-14-3-1-2-12(10-14)17(26)23-9-8-15-24-16(25-27-15)11-4-6-13(7-5-11)18(20,21)22/h1-7,10H,8-9H2,(H,23,26). The molecule has 140 valence electrons. The fourth-order valence-electron chi connectivity index (χ4n) is 2.30. The molecule has 0 saturated carbocycles. The van der Waals surface area contributed by atoms with Crippen molar-refractivity contribution in [3.8, 4) is 11.4 Å². The highest BCUT2D eigenvalue weighted by Gasteiger charge is 2.30. The molecule has 1 N–H and O–H groups in total. The third kappa shape index (κ3) is 4.69. The largest absolute Gasteiger partial charge is 0.416 e. The maximum absolute atomic E-state index is 13.1. The lowest BCUT2D eigenvalue weighted by molar-refractivity contribution is -0.137. The highest BCUT2D eigenvalue weighted by atomic mass is 19.4. The van der Waals surface area contributed by atoms with Crippen LogP contribution in [0.15, 0.2) is 53.1 Å². The Morgan fingerprint density at radius 2 is 1.85 bits per heavy atom. The van der Waals surface area contributed by atoms with Crippen LogP contribution in [0.3, 0.4) is 0 Å². The van der Waals surface area contributed by atoms with E-state index in [-0.39, 0.29) is 30.2 Å². The summed E-state index contributed by atoms with van der Waals surface area (Å²) in [6, 6.07) is 9.64. The summed E-state index contributed by atoms with van der Waals surface area (Å²) in [7, 11) is 0. The quantitative estimate of drug-likeness (QED) is 0.684. The molecule has 0 aliphatic carbocycles. The van der Waals surface area contributed by atoms with Crippen molar-refractivity contribution in [2.45, 2.75) is 12.6 Å². The van der Waals surface area contributed by atoms with E-state index in [9.17, 15) is 22.4 Å². The normalized spacial score (nSPS) is 11.4. The molecule has 27 heavy (non-hydrogen) atoms. The molecular weight excluding hydrogens is 366 g/mol. The molecule has 3 rings (SSSR count). The summed E-state index contributed by atoms with van der Waals surface area (Å²) in [6.07, 6.45) is -4.20. The van der Waals surface area contributed by atoms with Crippen LogP contribution in [0.2, 0.25) is 0 Å². The predicted octanol–water partition coefficient (Wildman–Crippen LogP) is 3.87. The third-order valence-corrected chi connectivity index (χ3v) is 3.65. The van der Waals surface area contributed by atoms with Crippen LogP contribution >= 0.6 is 0 Å². The van der Waals surface area contributed by atoms with Crippen molar-refractivity contribution in [1.82, 2.24) is 15.5 Å². The average molecular weight is 379 g/mol. The van der Waals surface area contributed by atoms with E-state index in [2.05, 4.69) is 15.5 Å². The zero-order chi connectivity index (χ0) is 19.4. The van der Waals surface area contributed by atoms with Crippen molar-refractivity contribution in [3.05, 3.63) is 71.4 Å². The minimum Gasteiger partial charge on any atom is -0.352 e. The topological polar surface area (TPSA) is 68.0 Å². The van der Waals surface area contributed by atoms with Gasteiger partial charge in [-0.2, -0.15) is 18.2 Å². The van der Waals surface area contributed by atoms with Gasteiger partial charge in [0.2, 0.25) is 11.7 Å². The summed E-state index contributed by atoms with van der Waals surface area (Å²) in [4.78, 5) is 16.0. The van der Waals surface area contributed by atoms with Crippen LogP contribution in [-0.2, 0) is 12.6 Å². The smallest absolute Gasteiger partial charge is 0.352 e. The maximum Gasteiger partial charge on any atom is 0.416 e. The predicted molar refractivity (Wildman–Crippen MR) is 87.2 cm³/mol. The molecule has 0 aliphatic heterocycles. The summed E-state index contributed by atoms with van der Waals surface area (Å²) in [5, 5.41) is 6.31. The lowest BCUT2D eigenvalue weighted by Gasteiger charge is -2.05. The zero-order valence-corrected chi connectivity index (χ0v) is 13.8. The van der Waals surface area contributed by atoms with Gasteiger partial charge in [0.15, 0.2) is 0 Å². The van der Waals surface area contributed by atoms with Crippen LogP contribution in [0.4, 0.5) is 17.6 Å². The number of hydrogen-bond donors (Lipinski definition) is 1. The van der Waals surface area contributed by atoms with Gasteiger partial charge in [0.25, 0.3) is 5.91 Å². The molecule has 0 atom stereocenters. The van der Waals surface area contributed by atoms with E-state index in [0.717, 1.165) is 18.2 Å².